The van der Waals surface area contributed by atoms with Crippen LogP contribution in [-0.4, -0.2) is 12.4 Å². The molecule has 0 amide bonds. The fourth-order valence-electron chi connectivity index (χ4n) is 1.67. The van der Waals surface area contributed by atoms with E-state index in [0.29, 0.717) is 12.5 Å². The number of ether oxygens (including phenoxy) is 1. The zero-order valence-electron chi connectivity index (χ0n) is 10.2. The molecule has 1 aromatic rings. The Hall–Kier alpha value is -0.890. The average molecular weight is 236 g/mol. The highest BCUT2D eigenvalue weighted by Crippen LogP contribution is 2.23. The van der Waals surface area contributed by atoms with Gasteiger partial charge in [-0.3, -0.25) is 0 Å². The van der Waals surface area contributed by atoms with E-state index in [1.807, 2.05) is 18.2 Å². The van der Waals surface area contributed by atoms with Crippen LogP contribution >= 0.6 is 12.6 Å². The van der Waals surface area contributed by atoms with Crippen LogP contribution in [0.15, 0.2) is 30.4 Å². The Bertz CT molecular complexity index is 356. The summed E-state index contributed by atoms with van der Waals surface area (Å²) in [5.74, 6) is 2.26. The van der Waals surface area contributed by atoms with Crippen molar-refractivity contribution in [3.05, 3.63) is 41.5 Å². The third-order valence-corrected chi connectivity index (χ3v) is 2.69. The molecule has 0 saturated carbocycles. The lowest BCUT2D eigenvalue weighted by atomic mass is 9.98. The standard InChI is InChI=1S/C14H20OS/c1-11(2)14-7-6-13(10-12(14)3)15-8-4-5-9-16/h4-7,10-11,16H,8-9H2,1-3H3. The zero-order chi connectivity index (χ0) is 12.0. The summed E-state index contributed by atoms with van der Waals surface area (Å²) < 4.78 is 5.60. The monoisotopic (exact) mass is 236 g/mol. The fraction of sp³-hybridized carbons (Fsp3) is 0.429. The van der Waals surface area contributed by atoms with Gasteiger partial charge in [-0.25, -0.2) is 0 Å². The molecule has 0 aliphatic heterocycles. The third-order valence-electron chi connectivity index (χ3n) is 2.48. The Morgan fingerprint density at radius 1 is 1.31 bits per heavy atom. The zero-order valence-corrected chi connectivity index (χ0v) is 11.1. The van der Waals surface area contributed by atoms with E-state index < -0.39 is 0 Å². The second-order valence-corrected chi connectivity index (χ2v) is 4.50. The molecule has 0 aromatic heterocycles. The molecule has 0 aliphatic rings. The van der Waals surface area contributed by atoms with Gasteiger partial charge >= 0.3 is 0 Å². The minimum absolute atomic E-state index is 0.568. The molecule has 0 N–H and O–H groups in total. The van der Waals surface area contributed by atoms with Crippen molar-refractivity contribution in [1.29, 1.82) is 0 Å². The lowest BCUT2D eigenvalue weighted by molar-refractivity contribution is 0.362. The average Bonchev–Trinajstić information content (AvgIpc) is 2.24. The van der Waals surface area contributed by atoms with Gasteiger partial charge in [0.1, 0.15) is 12.4 Å². The Kier molecular flexibility index (Phi) is 5.47. The maximum Gasteiger partial charge on any atom is 0.120 e. The van der Waals surface area contributed by atoms with E-state index in [0.717, 1.165) is 11.5 Å². The van der Waals surface area contributed by atoms with Crippen molar-refractivity contribution in [3.8, 4) is 5.75 Å². The van der Waals surface area contributed by atoms with Gasteiger partial charge in [-0.05, 0) is 36.1 Å². The van der Waals surface area contributed by atoms with E-state index in [1.54, 1.807) is 0 Å². The van der Waals surface area contributed by atoms with Crippen LogP contribution in [-0.2, 0) is 0 Å². The molecular formula is C14H20OS. The third kappa shape index (κ3) is 3.93. The van der Waals surface area contributed by atoms with Crippen LogP contribution in [0.1, 0.15) is 30.9 Å². The molecule has 0 unspecified atom stereocenters. The van der Waals surface area contributed by atoms with Crippen molar-refractivity contribution in [1.82, 2.24) is 0 Å². The Balaban J connectivity index is 2.63. The SMILES string of the molecule is Cc1cc(OCC=CCS)ccc1C(C)C. The normalized spacial score (nSPS) is 11.3. The van der Waals surface area contributed by atoms with E-state index in [9.17, 15) is 0 Å². The van der Waals surface area contributed by atoms with Gasteiger partial charge in [-0.15, -0.1) is 0 Å². The van der Waals surface area contributed by atoms with E-state index in [2.05, 4.69) is 45.5 Å². The van der Waals surface area contributed by atoms with Gasteiger partial charge in [0.2, 0.25) is 0 Å². The summed E-state index contributed by atoms with van der Waals surface area (Å²) in [6.07, 6.45) is 3.97. The maximum absolute atomic E-state index is 5.60. The minimum Gasteiger partial charge on any atom is -0.490 e. The number of hydrogen-bond acceptors (Lipinski definition) is 2. The van der Waals surface area contributed by atoms with Gasteiger partial charge in [0.15, 0.2) is 0 Å². The van der Waals surface area contributed by atoms with E-state index in [4.69, 9.17) is 4.74 Å². The van der Waals surface area contributed by atoms with Gasteiger partial charge in [0, 0.05) is 5.75 Å². The number of hydrogen-bond donors (Lipinski definition) is 1. The molecule has 2 heteroatoms. The van der Waals surface area contributed by atoms with E-state index in [-0.39, 0.29) is 0 Å². The lowest BCUT2D eigenvalue weighted by Crippen LogP contribution is -1.96. The first-order valence-corrected chi connectivity index (χ1v) is 6.27. The number of thiol groups is 1. The summed E-state index contributed by atoms with van der Waals surface area (Å²) >= 11 is 4.09. The maximum atomic E-state index is 5.60. The van der Waals surface area contributed by atoms with Crippen LogP contribution in [0.5, 0.6) is 5.75 Å². The molecular weight excluding hydrogens is 216 g/mol. The van der Waals surface area contributed by atoms with Crippen molar-refractivity contribution >= 4 is 12.6 Å². The van der Waals surface area contributed by atoms with Gasteiger partial charge in [0.05, 0.1) is 0 Å². The Morgan fingerprint density at radius 2 is 2.06 bits per heavy atom. The highest BCUT2D eigenvalue weighted by Gasteiger charge is 2.03. The topological polar surface area (TPSA) is 9.23 Å². The smallest absolute Gasteiger partial charge is 0.120 e. The van der Waals surface area contributed by atoms with E-state index >= 15 is 0 Å². The van der Waals surface area contributed by atoms with Crippen LogP contribution in [0.2, 0.25) is 0 Å². The molecule has 0 spiro atoms. The highest BCUT2D eigenvalue weighted by atomic mass is 32.1. The summed E-state index contributed by atoms with van der Waals surface area (Å²) in [5.41, 5.74) is 2.68. The summed E-state index contributed by atoms with van der Waals surface area (Å²) in [5, 5.41) is 0. The van der Waals surface area contributed by atoms with Crippen molar-refractivity contribution in [2.75, 3.05) is 12.4 Å². The molecule has 16 heavy (non-hydrogen) atoms. The van der Waals surface area contributed by atoms with Crippen LogP contribution in [0.3, 0.4) is 0 Å². The molecule has 0 bridgehead atoms. The molecule has 0 radical (unpaired) electrons. The summed E-state index contributed by atoms with van der Waals surface area (Å²) in [7, 11) is 0. The first kappa shape index (κ1) is 13.2. The van der Waals surface area contributed by atoms with Gasteiger partial charge < -0.3 is 4.74 Å². The second-order valence-electron chi connectivity index (χ2n) is 4.14. The predicted octanol–water partition coefficient (Wildman–Crippen LogP) is 3.98. The minimum atomic E-state index is 0.568. The van der Waals surface area contributed by atoms with Crippen molar-refractivity contribution in [2.45, 2.75) is 26.7 Å². The Morgan fingerprint density at radius 3 is 2.62 bits per heavy atom. The molecule has 0 atom stereocenters. The molecule has 0 heterocycles. The quantitative estimate of drug-likeness (QED) is 0.601. The summed E-state index contributed by atoms with van der Waals surface area (Å²) in [4.78, 5) is 0. The largest absolute Gasteiger partial charge is 0.490 e. The first-order chi connectivity index (χ1) is 7.65. The molecule has 1 rings (SSSR count). The highest BCUT2D eigenvalue weighted by molar-refractivity contribution is 7.80. The summed E-state index contributed by atoms with van der Waals surface area (Å²) in [6.45, 7) is 7.16. The second kappa shape index (κ2) is 6.64. The van der Waals surface area contributed by atoms with Gasteiger partial charge in [-0.1, -0.05) is 32.1 Å². The van der Waals surface area contributed by atoms with Gasteiger partial charge in [0.25, 0.3) is 0 Å². The van der Waals surface area contributed by atoms with Crippen LogP contribution in [0.25, 0.3) is 0 Å². The number of benzene rings is 1. The molecule has 0 aliphatic carbocycles. The predicted molar refractivity (Wildman–Crippen MR) is 73.8 cm³/mol. The van der Waals surface area contributed by atoms with Crippen LogP contribution in [0, 0.1) is 6.92 Å². The lowest BCUT2D eigenvalue weighted by Gasteiger charge is -2.11. The molecule has 1 nitrogen and oxygen atoms in total. The molecule has 1 aromatic carbocycles. The van der Waals surface area contributed by atoms with Crippen molar-refractivity contribution in [3.63, 3.8) is 0 Å². The van der Waals surface area contributed by atoms with E-state index in [1.165, 1.54) is 11.1 Å². The van der Waals surface area contributed by atoms with Crippen LogP contribution in [0.4, 0.5) is 0 Å². The fourth-order valence-corrected chi connectivity index (χ4v) is 1.82. The Labute approximate surface area is 104 Å². The van der Waals surface area contributed by atoms with Crippen LogP contribution < -0.4 is 4.74 Å². The molecule has 0 fully saturated rings. The first-order valence-electron chi connectivity index (χ1n) is 5.64. The number of rotatable bonds is 5. The number of aryl methyl sites for hydroxylation is 1. The van der Waals surface area contributed by atoms with Crippen molar-refractivity contribution < 1.29 is 4.74 Å². The molecule has 0 saturated heterocycles. The summed E-state index contributed by atoms with van der Waals surface area (Å²) in [6, 6.07) is 6.29. The van der Waals surface area contributed by atoms with Crippen molar-refractivity contribution in [2.24, 2.45) is 0 Å². The molecule has 88 valence electrons. The van der Waals surface area contributed by atoms with Gasteiger partial charge in [-0.2, -0.15) is 12.6 Å².